The summed E-state index contributed by atoms with van der Waals surface area (Å²) in [6, 6.07) is 15.3. The zero-order valence-corrected chi connectivity index (χ0v) is 12.9. The van der Waals surface area contributed by atoms with Crippen LogP contribution in [0.5, 0.6) is 0 Å². The van der Waals surface area contributed by atoms with Crippen molar-refractivity contribution in [2.45, 2.75) is 45.1 Å². The van der Waals surface area contributed by atoms with Crippen molar-refractivity contribution in [1.29, 1.82) is 0 Å². The Kier molecular flexibility index (Phi) is 4.09. The predicted molar refractivity (Wildman–Crippen MR) is 88.1 cm³/mol. The van der Waals surface area contributed by atoms with Gasteiger partial charge in [0.05, 0.1) is 6.04 Å². The van der Waals surface area contributed by atoms with Gasteiger partial charge in [0.15, 0.2) is 0 Å². The van der Waals surface area contributed by atoms with Gasteiger partial charge in [-0.05, 0) is 60.4 Å². The third-order valence-electron chi connectivity index (χ3n) is 4.98. The van der Waals surface area contributed by atoms with Crippen molar-refractivity contribution in [1.82, 2.24) is 5.43 Å². The normalized spacial score (nSPS) is 16.5. The predicted octanol–water partition coefficient (Wildman–Crippen LogP) is 4.12. The minimum absolute atomic E-state index is 0.0710. The SMILES string of the molecule is Cc1cccc(C(NN)c2ccccc2C2CCC2)c1C. The van der Waals surface area contributed by atoms with Gasteiger partial charge in [-0.25, -0.2) is 5.43 Å². The van der Waals surface area contributed by atoms with E-state index in [1.54, 1.807) is 0 Å². The first kappa shape index (κ1) is 14.3. The highest BCUT2D eigenvalue weighted by molar-refractivity contribution is 5.44. The smallest absolute Gasteiger partial charge is 0.0715 e. The van der Waals surface area contributed by atoms with Crippen LogP contribution in [0, 0.1) is 13.8 Å². The molecule has 1 fully saturated rings. The lowest BCUT2D eigenvalue weighted by Gasteiger charge is -2.31. The number of rotatable bonds is 4. The van der Waals surface area contributed by atoms with Gasteiger partial charge < -0.3 is 0 Å². The molecule has 1 atom stereocenters. The molecule has 1 saturated carbocycles. The molecule has 2 heteroatoms. The second-order valence-corrected chi connectivity index (χ2v) is 6.15. The van der Waals surface area contributed by atoms with Gasteiger partial charge in [0, 0.05) is 0 Å². The maximum absolute atomic E-state index is 5.93. The largest absolute Gasteiger partial charge is 0.271 e. The van der Waals surface area contributed by atoms with Crippen LogP contribution >= 0.6 is 0 Å². The molecule has 0 bridgehead atoms. The Labute approximate surface area is 127 Å². The molecule has 0 aliphatic heterocycles. The van der Waals surface area contributed by atoms with Crippen LogP contribution in [0.25, 0.3) is 0 Å². The van der Waals surface area contributed by atoms with Crippen molar-refractivity contribution in [3.8, 4) is 0 Å². The fourth-order valence-electron chi connectivity index (χ4n) is 3.30. The van der Waals surface area contributed by atoms with Gasteiger partial charge in [-0.15, -0.1) is 0 Å². The van der Waals surface area contributed by atoms with Gasteiger partial charge in [0.25, 0.3) is 0 Å². The Balaban J connectivity index is 2.06. The molecule has 2 aromatic carbocycles. The average molecular weight is 280 g/mol. The molecule has 1 aliphatic rings. The van der Waals surface area contributed by atoms with Crippen LogP contribution in [-0.2, 0) is 0 Å². The summed E-state index contributed by atoms with van der Waals surface area (Å²) in [7, 11) is 0. The fraction of sp³-hybridized carbons (Fsp3) is 0.368. The van der Waals surface area contributed by atoms with Gasteiger partial charge in [-0.1, -0.05) is 48.9 Å². The molecule has 2 aromatic rings. The maximum atomic E-state index is 5.93. The fourth-order valence-corrected chi connectivity index (χ4v) is 3.30. The van der Waals surface area contributed by atoms with Gasteiger partial charge in [0.2, 0.25) is 0 Å². The van der Waals surface area contributed by atoms with E-state index in [9.17, 15) is 0 Å². The van der Waals surface area contributed by atoms with Gasteiger partial charge in [0.1, 0.15) is 0 Å². The van der Waals surface area contributed by atoms with Crippen LogP contribution < -0.4 is 11.3 Å². The van der Waals surface area contributed by atoms with E-state index in [2.05, 4.69) is 61.7 Å². The molecule has 0 saturated heterocycles. The van der Waals surface area contributed by atoms with Crippen molar-refractivity contribution < 1.29 is 0 Å². The molecular weight excluding hydrogens is 256 g/mol. The van der Waals surface area contributed by atoms with E-state index in [1.165, 1.54) is 47.1 Å². The summed E-state index contributed by atoms with van der Waals surface area (Å²) < 4.78 is 0. The minimum atomic E-state index is 0.0710. The molecule has 0 heterocycles. The van der Waals surface area contributed by atoms with Gasteiger partial charge >= 0.3 is 0 Å². The lowest BCUT2D eigenvalue weighted by Crippen LogP contribution is -2.31. The number of aryl methyl sites for hydroxylation is 1. The molecular formula is C19H24N2. The number of hydrogen-bond donors (Lipinski definition) is 2. The van der Waals surface area contributed by atoms with Gasteiger partial charge in [-0.2, -0.15) is 0 Å². The molecule has 21 heavy (non-hydrogen) atoms. The Bertz CT molecular complexity index is 629. The molecule has 0 amide bonds. The van der Waals surface area contributed by atoms with Crippen molar-refractivity contribution in [2.24, 2.45) is 5.84 Å². The van der Waals surface area contributed by atoms with Crippen LogP contribution in [0.15, 0.2) is 42.5 Å². The van der Waals surface area contributed by atoms with Crippen LogP contribution in [-0.4, -0.2) is 0 Å². The summed E-state index contributed by atoms with van der Waals surface area (Å²) >= 11 is 0. The highest BCUT2D eigenvalue weighted by atomic mass is 15.2. The lowest BCUT2D eigenvalue weighted by molar-refractivity contribution is 0.414. The quantitative estimate of drug-likeness (QED) is 0.653. The van der Waals surface area contributed by atoms with Crippen molar-refractivity contribution in [3.63, 3.8) is 0 Å². The monoisotopic (exact) mass is 280 g/mol. The topological polar surface area (TPSA) is 38.0 Å². The summed E-state index contributed by atoms with van der Waals surface area (Å²) in [5, 5.41) is 0. The molecule has 110 valence electrons. The minimum Gasteiger partial charge on any atom is -0.271 e. The number of nitrogens with two attached hydrogens (primary N) is 1. The Morgan fingerprint density at radius 2 is 1.71 bits per heavy atom. The number of hydrogen-bond acceptors (Lipinski definition) is 2. The molecule has 0 aromatic heterocycles. The number of hydrazine groups is 1. The molecule has 1 unspecified atom stereocenters. The van der Waals surface area contributed by atoms with E-state index < -0.39 is 0 Å². The molecule has 0 spiro atoms. The van der Waals surface area contributed by atoms with Crippen molar-refractivity contribution >= 4 is 0 Å². The van der Waals surface area contributed by atoms with Crippen LogP contribution in [0.3, 0.4) is 0 Å². The first-order chi connectivity index (χ1) is 10.2. The standard InChI is InChI=1S/C19H24N2/c1-13-7-5-12-16(14(13)2)19(21-20)18-11-4-3-10-17(18)15-8-6-9-15/h3-5,7,10-12,15,19,21H,6,8-9,20H2,1-2H3. The van der Waals surface area contributed by atoms with E-state index in [0.29, 0.717) is 5.92 Å². The number of benzene rings is 2. The lowest BCUT2D eigenvalue weighted by atomic mass is 9.76. The van der Waals surface area contributed by atoms with E-state index in [4.69, 9.17) is 5.84 Å². The average Bonchev–Trinajstić information content (AvgIpc) is 2.44. The highest BCUT2D eigenvalue weighted by Crippen LogP contribution is 2.40. The molecule has 3 N–H and O–H groups in total. The zero-order chi connectivity index (χ0) is 14.8. The third-order valence-corrected chi connectivity index (χ3v) is 4.98. The van der Waals surface area contributed by atoms with E-state index in [-0.39, 0.29) is 6.04 Å². The van der Waals surface area contributed by atoms with E-state index >= 15 is 0 Å². The van der Waals surface area contributed by atoms with Crippen molar-refractivity contribution in [3.05, 3.63) is 70.3 Å². The Morgan fingerprint density at radius 3 is 2.38 bits per heavy atom. The highest BCUT2D eigenvalue weighted by Gasteiger charge is 2.25. The summed E-state index contributed by atoms with van der Waals surface area (Å²) in [4.78, 5) is 0. The molecule has 2 nitrogen and oxygen atoms in total. The first-order valence-electron chi connectivity index (χ1n) is 7.83. The third kappa shape index (κ3) is 2.61. The van der Waals surface area contributed by atoms with Crippen LogP contribution in [0.4, 0.5) is 0 Å². The second-order valence-electron chi connectivity index (χ2n) is 6.15. The van der Waals surface area contributed by atoms with E-state index in [1.807, 2.05) is 0 Å². The summed E-state index contributed by atoms with van der Waals surface area (Å²) in [5.74, 6) is 6.64. The first-order valence-corrected chi connectivity index (χ1v) is 7.83. The van der Waals surface area contributed by atoms with E-state index in [0.717, 1.165) is 0 Å². The number of nitrogens with one attached hydrogen (secondary N) is 1. The second kappa shape index (κ2) is 6.00. The van der Waals surface area contributed by atoms with Gasteiger partial charge in [-0.3, -0.25) is 5.84 Å². The molecule has 0 radical (unpaired) electrons. The van der Waals surface area contributed by atoms with Crippen LogP contribution in [0.2, 0.25) is 0 Å². The molecule has 3 rings (SSSR count). The zero-order valence-electron chi connectivity index (χ0n) is 12.9. The Hall–Kier alpha value is -1.64. The Morgan fingerprint density at radius 1 is 1.00 bits per heavy atom. The maximum Gasteiger partial charge on any atom is 0.0715 e. The summed E-state index contributed by atoms with van der Waals surface area (Å²) in [6.07, 6.45) is 3.96. The molecule has 1 aliphatic carbocycles. The van der Waals surface area contributed by atoms with Crippen molar-refractivity contribution in [2.75, 3.05) is 0 Å². The summed E-state index contributed by atoms with van der Waals surface area (Å²) in [5.41, 5.74) is 9.76. The van der Waals surface area contributed by atoms with Crippen LogP contribution in [0.1, 0.15) is 59.0 Å². The summed E-state index contributed by atoms with van der Waals surface area (Å²) in [6.45, 7) is 4.34.